The zero-order chi connectivity index (χ0) is 16.2. The van der Waals surface area contributed by atoms with Crippen molar-refractivity contribution in [2.24, 2.45) is 0 Å². The smallest absolute Gasteiger partial charge is 0.253 e. The van der Waals surface area contributed by atoms with Crippen molar-refractivity contribution < 1.29 is 9.59 Å². The number of fused-ring (bicyclic) bond motifs is 1. The number of hydrogen-bond donors (Lipinski definition) is 3. The van der Waals surface area contributed by atoms with E-state index in [1.165, 1.54) is 0 Å². The van der Waals surface area contributed by atoms with Crippen molar-refractivity contribution in [1.82, 2.24) is 10.4 Å². The second-order valence-electron chi connectivity index (χ2n) is 5.14. The monoisotopic (exact) mass is 330 g/mol. The van der Waals surface area contributed by atoms with Gasteiger partial charge in [-0.1, -0.05) is 36.4 Å². The van der Waals surface area contributed by atoms with Crippen molar-refractivity contribution in [3.05, 3.63) is 53.6 Å². The molecule has 0 spiro atoms. The van der Waals surface area contributed by atoms with Gasteiger partial charge in [0.25, 0.3) is 5.91 Å². The van der Waals surface area contributed by atoms with Gasteiger partial charge in [-0.25, -0.2) is 4.98 Å². The van der Waals surface area contributed by atoms with Crippen LogP contribution >= 0.6 is 11.6 Å². The molecule has 0 radical (unpaired) electrons. The molecule has 3 N–H and O–H groups in total. The molecule has 3 rings (SSSR count). The van der Waals surface area contributed by atoms with E-state index < -0.39 is 6.04 Å². The summed E-state index contributed by atoms with van der Waals surface area (Å²) >= 11 is 5.41. The maximum Gasteiger partial charge on any atom is 0.253 e. The number of hydrazine groups is 1. The number of Topliss-reactive ketones (excluding diaryl/α,β-unsaturated/α-hetero) is 1. The maximum absolute atomic E-state index is 12.3. The quantitative estimate of drug-likeness (QED) is 0.590. The fourth-order valence-electron chi connectivity index (χ4n) is 2.41. The van der Waals surface area contributed by atoms with Crippen molar-refractivity contribution in [3.8, 4) is 0 Å². The lowest BCUT2D eigenvalue weighted by atomic mass is 9.94. The van der Waals surface area contributed by atoms with Crippen LogP contribution in [0.4, 0.5) is 11.6 Å². The van der Waals surface area contributed by atoms with E-state index in [4.69, 9.17) is 11.6 Å². The molecule has 6 nitrogen and oxygen atoms in total. The van der Waals surface area contributed by atoms with Gasteiger partial charge in [-0.05, 0) is 11.6 Å². The first-order valence-electron chi connectivity index (χ1n) is 7.12. The molecule has 1 unspecified atom stereocenters. The Kier molecular flexibility index (Phi) is 4.43. The van der Waals surface area contributed by atoms with E-state index in [9.17, 15) is 9.59 Å². The van der Waals surface area contributed by atoms with Gasteiger partial charge < -0.3 is 5.32 Å². The number of halogens is 1. The van der Waals surface area contributed by atoms with Crippen LogP contribution < -0.4 is 16.2 Å². The normalized spacial score (nSPS) is 16.2. The predicted molar refractivity (Wildman–Crippen MR) is 88.2 cm³/mol. The molecule has 118 valence electrons. The summed E-state index contributed by atoms with van der Waals surface area (Å²) in [4.78, 5) is 27.9. The van der Waals surface area contributed by atoms with Gasteiger partial charge in [0.15, 0.2) is 5.78 Å². The average molecular weight is 331 g/mol. The summed E-state index contributed by atoms with van der Waals surface area (Å²) in [5.41, 5.74) is 6.85. The molecule has 0 bridgehead atoms. The molecule has 2 aromatic rings. The molecule has 2 heterocycles. The molecule has 1 aromatic carbocycles. The summed E-state index contributed by atoms with van der Waals surface area (Å²) in [6.45, 7) is 0. The van der Waals surface area contributed by atoms with Crippen molar-refractivity contribution in [3.63, 3.8) is 0 Å². The molecule has 1 aliphatic heterocycles. The van der Waals surface area contributed by atoms with Gasteiger partial charge in [0, 0.05) is 12.0 Å². The molecule has 23 heavy (non-hydrogen) atoms. The molecule has 0 saturated carbocycles. The number of pyridine rings is 1. The molecule has 0 saturated heterocycles. The molecular formula is C16H15ClN4O2. The standard InChI is InChI=1S/C16H15ClN4O2/c17-9-14(23)21-20-13-7-6-11-8-12(22)15(19-16(11)18-13)10-4-2-1-3-5-10/h1-7,15H,8-9H2,(H,21,23)(H2,18,19,20). The topological polar surface area (TPSA) is 83.1 Å². The Labute approximate surface area is 138 Å². The summed E-state index contributed by atoms with van der Waals surface area (Å²) < 4.78 is 0. The highest BCUT2D eigenvalue weighted by atomic mass is 35.5. The minimum Gasteiger partial charge on any atom is -0.356 e. The maximum atomic E-state index is 12.3. The van der Waals surface area contributed by atoms with Crippen LogP contribution in [0.25, 0.3) is 0 Å². The summed E-state index contributed by atoms with van der Waals surface area (Å²) in [7, 11) is 0. The molecule has 1 amide bonds. The lowest BCUT2D eigenvalue weighted by Crippen LogP contribution is -2.32. The number of anilines is 2. The molecular weight excluding hydrogens is 316 g/mol. The largest absolute Gasteiger partial charge is 0.356 e. The van der Waals surface area contributed by atoms with Crippen LogP contribution in [0.2, 0.25) is 0 Å². The van der Waals surface area contributed by atoms with E-state index in [0.29, 0.717) is 18.1 Å². The van der Waals surface area contributed by atoms with Crippen molar-refractivity contribution in [2.45, 2.75) is 12.5 Å². The van der Waals surface area contributed by atoms with Gasteiger partial charge in [-0.15, -0.1) is 11.6 Å². The third kappa shape index (κ3) is 3.43. The zero-order valence-corrected chi connectivity index (χ0v) is 12.9. The van der Waals surface area contributed by atoms with E-state index in [1.807, 2.05) is 36.4 Å². The third-order valence-electron chi connectivity index (χ3n) is 3.53. The van der Waals surface area contributed by atoms with E-state index in [-0.39, 0.29) is 17.6 Å². The number of benzene rings is 1. The van der Waals surface area contributed by atoms with Gasteiger partial charge >= 0.3 is 0 Å². The molecule has 1 aliphatic rings. The van der Waals surface area contributed by atoms with Crippen LogP contribution in [0.5, 0.6) is 0 Å². The number of hydrogen-bond acceptors (Lipinski definition) is 5. The highest BCUT2D eigenvalue weighted by molar-refractivity contribution is 6.27. The van der Waals surface area contributed by atoms with E-state index in [1.54, 1.807) is 6.07 Å². The number of ketones is 1. The minimum atomic E-state index is -0.413. The Hall–Kier alpha value is -2.60. The van der Waals surface area contributed by atoms with Crippen LogP contribution in [0, 0.1) is 0 Å². The zero-order valence-electron chi connectivity index (χ0n) is 12.2. The Balaban J connectivity index is 1.80. The second kappa shape index (κ2) is 6.66. The number of carbonyl (C=O) groups excluding carboxylic acids is 2. The first-order valence-corrected chi connectivity index (χ1v) is 7.66. The van der Waals surface area contributed by atoms with Crippen molar-refractivity contribution in [1.29, 1.82) is 0 Å². The lowest BCUT2D eigenvalue weighted by molar-refractivity contribution is -0.119. The summed E-state index contributed by atoms with van der Waals surface area (Å²) in [5.74, 6) is 0.707. The minimum absolute atomic E-state index is 0.0988. The van der Waals surface area contributed by atoms with Crippen LogP contribution in [-0.2, 0) is 16.0 Å². The Morgan fingerprint density at radius 3 is 2.78 bits per heavy atom. The van der Waals surface area contributed by atoms with E-state index in [2.05, 4.69) is 21.2 Å². The number of alkyl halides is 1. The van der Waals surface area contributed by atoms with Crippen LogP contribution in [0.1, 0.15) is 17.2 Å². The van der Waals surface area contributed by atoms with Gasteiger partial charge in [0.05, 0.1) is 0 Å². The number of rotatable bonds is 4. The van der Waals surface area contributed by atoms with Gasteiger partial charge in [0.1, 0.15) is 23.6 Å². The Morgan fingerprint density at radius 1 is 1.26 bits per heavy atom. The predicted octanol–water partition coefficient (Wildman–Crippen LogP) is 2.04. The molecule has 0 aliphatic carbocycles. The van der Waals surface area contributed by atoms with Gasteiger partial charge in [0.2, 0.25) is 0 Å². The number of carbonyl (C=O) groups is 2. The third-order valence-corrected chi connectivity index (χ3v) is 3.77. The van der Waals surface area contributed by atoms with Crippen molar-refractivity contribution >= 4 is 34.9 Å². The molecule has 1 aromatic heterocycles. The Bertz CT molecular complexity index is 736. The van der Waals surface area contributed by atoms with Gasteiger partial charge in [-0.2, -0.15) is 0 Å². The average Bonchev–Trinajstić information content (AvgIpc) is 2.59. The summed E-state index contributed by atoms with van der Waals surface area (Å²) in [6.07, 6.45) is 0.323. The fraction of sp³-hybridized carbons (Fsp3) is 0.188. The number of nitrogens with zero attached hydrogens (tertiary/aromatic N) is 1. The van der Waals surface area contributed by atoms with E-state index in [0.717, 1.165) is 11.1 Å². The highest BCUT2D eigenvalue weighted by Crippen LogP contribution is 2.29. The number of nitrogens with one attached hydrogen (secondary N) is 3. The first-order chi connectivity index (χ1) is 11.2. The van der Waals surface area contributed by atoms with Crippen molar-refractivity contribution in [2.75, 3.05) is 16.6 Å². The SMILES string of the molecule is O=C(CCl)NNc1ccc2c(n1)NC(c1ccccc1)C(=O)C2. The number of amides is 1. The lowest BCUT2D eigenvalue weighted by Gasteiger charge is -2.25. The van der Waals surface area contributed by atoms with Crippen LogP contribution in [0.3, 0.4) is 0 Å². The molecule has 7 heteroatoms. The first kappa shape index (κ1) is 15.3. The van der Waals surface area contributed by atoms with E-state index >= 15 is 0 Å². The second-order valence-corrected chi connectivity index (χ2v) is 5.41. The Morgan fingerprint density at radius 2 is 2.04 bits per heavy atom. The fourth-order valence-corrected chi connectivity index (χ4v) is 2.48. The highest BCUT2D eigenvalue weighted by Gasteiger charge is 2.27. The summed E-state index contributed by atoms with van der Waals surface area (Å²) in [6, 6.07) is 12.6. The van der Waals surface area contributed by atoms with Crippen LogP contribution in [-0.4, -0.2) is 22.6 Å². The van der Waals surface area contributed by atoms with Crippen LogP contribution in [0.15, 0.2) is 42.5 Å². The molecule has 1 atom stereocenters. The number of aromatic nitrogens is 1. The molecule has 0 fully saturated rings. The summed E-state index contributed by atoms with van der Waals surface area (Å²) in [5, 5.41) is 3.17. The van der Waals surface area contributed by atoms with Gasteiger partial charge in [-0.3, -0.25) is 20.4 Å².